The number of rotatable bonds is 2. The summed E-state index contributed by atoms with van der Waals surface area (Å²) < 4.78 is 12.7. The molecule has 0 saturated carbocycles. The highest BCUT2D eigenvalue weighted by molar-refractivity contribution is 6.07. The fourth-order valence-electron chi connectivity index (χ4n) is 4.39. The van der Waals surface area contributed by atoms with E-state index < -0.39 is 0 Å². The van der Waals surface area contributed by atoms with Crippen molar-refractivity contribution in [2.75, 3.05) is 31.8 Å². The monoisotopic (exact) mass is 363 g/mol. The maximum atomic E-state index is 13.5. The number of amides is 1. The lowest BCUT2D eigenvalue weighted by Gasteiger charge is -2.34. The molecule has 0 bridgehead atoms. The Morgan fingerprint density at radius 2 is 2.04 bits per heavy atom. The summed E-state index contributed by atoms with van der Waals surface area (Å²) in [7, 11) is 1.62. The molecule has 0 aliphatic carbocycles. The van der Waals surface area contributed by atoms with Crippen LogP contribution in [0.4, 0.5) is 5.69 Å². The molecule has 1 aromatic carbocycles. The summed E-state index contributed by atoms with van der Waals surface area (Å²) in [4.78, 5) is 19.8. The van der Waals surface area contributed by atoms with Gasteiger partial charge in [0, 0.05) is 43.1 Å². The number of carbonyl (C=O) groups excluding carboxylic acids is 1. The third-order valence-electron chi connectivity index (χ3n) is 5.86. The molecule has 4 heterocycles. The smallest absolute Gasteiger partial charge is 0.276 e. The van der Waals surface area contributed by atoms with Gasteiger partial charge in [-0.15, -0.1) is 0 Å². The van der Waals surface area contributed by atoms with Gasteiger partial charge >= 0.3 is 0 Å². The number of fused-ring (bicyclic) bond motifs is 3. The molecule has 1 amide bonds. The average Bonchev–Trinajstić information content (AvgIpc) is 3.28. The molecule has 2 aromatic heterocycles. The normalized spacial score (nSPS) is 18.0. The van der Waals surface area contributed by atoms with Crippen LogP contribution in [0.1, 0.15) is 28.9 Å². The van der Waals surface area contributed by atoms with E-state index in [-0.39, 0.29) is 11.3 Å². The van der Waals surface area contributed by atoms with Crippen LogP contribution < -0.4 is 9.64 Å². The van der Waals surface area contributed by atoms with E-state index in [1.54, 1.807) is 13.3 Å². The van der Waals surface area contributed by atoms with Gasteiger partial charge in [-0.1, -0.05) is 18.2 Å². The number of benzene rings is 1. The van der Waals surface area contributed by atoms with Gasteiger partial charge in [-0.05, 0) is 30.5 Å². The number of ether oxygens (including phenoxy) is 2. The van der Waals surface area contributed by atoms with E-state index in [1.165, 1.54) is 5.56 Å². The number of para-hydroxylation sites is 1. The molecule has 138 valence electrons. The summed E-state index contributed by atoms with van der Waals surface area (Å²) in [6.07, 6.45) is 5.37. The van der Waals surface area contributed by atoms with E-state index >= 15 is 0 Å². The lowest BCUT2D eigenvalue weighted by atomic mass is 9.76. The average molecular weight is 363 g/mol. The highest BCUT2D eigenvalue weighted by Gasteiger charge is 2.45. The zero-order valence-electron chi connectivity index (χ0n) is 15.2. The third kappa shape index (κ3) is 2.44. The number of pyridine rings is 1. The van der Waals surface area contributed by atoms with E-state index in [2.05, 4.69) is 17.1 Å². The fourth-order valence-corrected chi connectivity index (χ4v) is 4.39. The Hall–Kier alpha value is -2.86. The Morgan fingerprint density at radius 3 is 2.85 bits per heavy atom. The third-order valence-corrected chi connectivity index (χ3v) is 5.86. The van der Waals surface area contributed by atoms with Gasteiger partial charge in [0.25, 0.3) is 5.91 Å². The summed E-state index contributed by atoms with van der Waals surface area (Å²) in [5.41, 5.74) is 3.52. The van der Waals surface area contributed by atoms with Crippen molar-refractivity contribution in [3.63, 3.8) is 0 Å². The van der Waals surface area contributed by atoms with Crippen molar-refractivity contribution in [2.24, 2.45) is 0 Å². The minimum absolute atomic E-state index is 0.00574. The molecule has 0 atom stereocenters. The van der Waals surface area contributed by atoms with Crippen molar-refractivity contribution in [1.82, 2.24) is 9.38 Å². The SMILES string of the molecule is COc1ccn2c(C(=O)N3CC4(CCOCC4)c4ccccc43)cnc2c1. The van der Waals surface area contributed by atoms with Crippen LogP contribution in [0.15, 0.2) is 48.8 Å². The Kier molecular flexibility index (Phi) is 3.68. The van der Waals surface area contributed by atoms with Crippen LogP contribution >= 0.6 is 0 Å². The number of aromatic nitrogens is 2. The first-order valence-corrected chi connectivity index (χ1v) is 9.22. The summed E-state index contributed by atoms with van der Waals surface area (Å²) >= 11 is 0. The predicted molar refractivity (Wildman–Crippen MR) is 102 cm³/mol. The second-order valence-electron chi connectivity index (χ2n) is 7.24. The van der Waals surface area contributed by atoms with Crippen molar-refractivity contribution in [3.05, 3.63) is 60.0 Å². The lowest BCUT2D eigenvalue weighted by molar-refractivity contribution is 0.0547. The summed E-state index contributed by atoms with van der Waals surface area (Å²) in [5.74, 6) is 0.697. The number of anilines is 1. The molecule has 0 unspecified atom stereocenters. The number of methoxy groups -OCH3 is 1. The second-order valence-corrected chi connectivity index (χ2v) is 7.24. The molecule has 27 heavy (non-hydrogen) atoms. The van der Waals surface area contributed by atoms with E-state index in [0.29, 0.717) is 17.9 Å². The van der Waals surface area contributed by atoms with E-state index in [0.717, 1.165) is 37.5 Å². The zero-order chi connectivity index (χ0) is 18.4. The van der Waals surface area contributed by atoms with Crippen LogP contribution in [0.25, 0.3) is 5.65 Å². The van der Waals surface area contributed by atoms with Gasteiger partial charge in [-0.3, -0.25) is 9.20 Å². The van der Waals surface area contributed by atoms with E-state index in [4.69, 9.17) is 9.47 Å². The van der Waals surface area contributed by atoms with Crippen molar-refractivity contribution in [1.29, 1.82) is 0 Å². The Bertz CT molecular complexity index is 1020. The highest BCUT2D eigenvalue weighted by atomic mass is 16.5. The number of nitrogens with zero attached hydrogens (tertiary/aromatic N) is 3. The van der Waals surface area contributed by atoms with Gasteiger partial charge in [-0.2, -0.15) is 0 Å². The molecule has 1 fully saturated rings. The molecule has 0 N–H and O–H groups in total. The first kappa shape index (κ1) is 16.3. The fraction of sp³-hybridized carbons (Fsp3) is 0.333. The highest BCUT2D eigenvalue weighted by Crippen LogP contribution is 2.47. The van der Waals surface area contributed by atoms with Gasteiger partial charge in [0.05, 0.1) is 13.3 Å². The van der Waals surface area contributed by atoms with Crippen LogP contribution in [0, 0.1) is 0 Å². The van der Waals surface area contributed by atoms with Crippen molar-refractivity contribution in [2.45, 2.75) is 18.3 Å². The van der Waals surface area contributed by atoms with Crippen LogP contribution in [-0.2, 0) is 10.2 Å². The quantitative estimate of drug-likeness (QED) is 0.702. The first-order valence-electron chi connectivity index (χ1n) is 9.22. The molecule has 2 aliphatic heterocycles. The number of hydrogen-bond donors (Lipinski definition) is 0. The lowest BCUT2D eigenvalue weighted by Crippen LogP contribution is -2.41. The molecule has 6 heteroatoms. The zero-order valence-corrected chi connectivity index (χ0v) is 15.2. The summed E-state index contributed by atoms with van der Waals surface area (Å²) in [6.45, 7) is 2.18. The maximum absolute atomic E-state index is 13.5. The number of imidazole rings is 1. The molecule has 0 radical (unpaired) electrons. The maximum Gasteiger partial charge on any atom is 0.276 e. The first-order chi connectivity index (χ1) is 13.2. The summed E-state index contributed by atoms with van der Waals surface area (Å²) in [6, 6.07) is 11.9. The van der Waals surface area contributed by atoms with Crippen molar-refractivity contribution in [3.8, 4) is 5.75 Å². The second kappa shape index (κ2) is 6.09. The number of hydrogen-bond acceptors (Lipinski definition) is 4. The van der Waals surface area contributed by atoms with E-state index in [1.807, 2.05) is 39.8 Å². The van der Waals surface area contributed by atoms with Gasteiger partial charge < -0.3 is 14.4 Å². The molecule has 5 rings (SSSR count). The van der Waals surface area contributed by atoms with Gasteiger partial charge in [-0.25, -0.2) is 4.98 Å². The molecule has 3 aromatic rings. The molecule has 1 saturated heterocycles. The minimum Gasteiger partial charge on any atom is -0.497 e. The van der Waals surface area contributed by atoms with Crippen LogP contribution in [0.2, 0.25) is 0 Å². The molecule has 1 spiro atoms. The Morgan fingerprint density at radius 1 is 1.22 bits per heavy atom. The molecule has 2 aliphatic rings. The largest absolute Gasteiger partial charge is 0.497 e. The summed E-state index contributed by atoms with van der Waals surface area (Å²) in [5, 5.41) is 0. The molecular formula is C21H21N3O3. The van der Waals surface area contributed by atoms with Crippen LogP contribution in [0.5, 0.6) is 5.75 Å². The topological polar surface area (TPSA) is 56.1 Å². The van der Waals surface area contributed by atoms with Crippen molar-refractivity contribution < 1.29 is 14.3 Å². The van der Waals surface area contributed by atoms with Gasteiger partial charge in [0.2, 0.25) is 0 Å². The minimum atomic E-state index is -0.0246. The Balaban J connectivity index is 1.56. The van der Waals surface area contributed by atoms with Crippen LogP contribution in [-0.4, -0.2) is 42.2 Å². The van der Waals surface area contributed by atoms with Crippen molar-refractivity contribution >= 4 is 17.2 Å². The molecule has 6 nitrogen and oxygen atoms in total. The van der Waals surface area contributed by atoms with Crippen LogP contribution in [0.3, 0.4) is 0 Å². The number of carbonyl (C=O) groups is 1. The van der Waals surface area contributed by atoms with Gasteiger partial charge in [0.15, 0.2) is 0 Å². The molecular weight excluding hydrogens is 342 g/mol. The standard InChI is InChI=1S/C21H21N3O3/c1-26-15-6-9-23-18(13-22-19(23)12-15)20(25)24-14-21(7-10-27-11-8-21)16-4-2-3-5-17(16)24/h2-6,9,12-13H,7-8,10-11,14H2,1H3. The van der Waals surface area contributed by atoms with E-state index in [9.17, 15) is 4.79 Å². The Labute approximate surface area is 157 Å². The predicted octanol–water partition coefficient (Wildman–Crippen LogP) is 3.05. The van der Waals surface area contributed by atoms with Gasteiger partial charge in [0.1, 0.15) is 17.1 Å².